The smallest absolute Gasteiger partial charge is 0.410 e. The monoisotopic (exact) mass is 329 g/mol. The third-order valence-corrected chi connectivity index (χ3v) is 4.64. The Morgan fingerprint density at radius 2 is 1.91 bits per heavy atom. The number of morpholine rings is 1. The highest BCUT2D eigenvalue weighted by atomic mass is 16.6. The number of rotatable bonds is 5. The fourth-order valence-electron chi connectivity index (χ4n) is 3.32. The van der Waals surface area contributed by atoms with E-state index in [1.807, 2.05) is 13.8 Å². The number of ether oxygens (including phenoxy) is 2. The van der Waals surface area contributed by atoms with Gasteiger partial charge in [-0.1, -0.05) is 0 Å². The maximum Gasteiger partial charge on any atom is 0.410 e. The zero-order valence-electron chi connectivity index (χ0n) is 14.6. The molecule has 2 aliphatic heterocycles. The Hall–Kier alpha value is -0.890. The fraction of sp³-hybridized carbons (Fsp3) is 0.938. The lowest BCUT2D eigenvalue weighted by Gasteiger charge is -2.44. The molecule has 7 heteroatoms. The van der Waals surface area contributed by atoms with Crippen molar-refractivity contribution in [3.63, 3.8) is 0 Å². The van der Waals surface area contributed by atoms with Gasteiger partial charge in [-0.15, -0.1) is 0 Å². The first-order valence-electron chi connectivity index (χ1n) is 8.66. The van der Waals surface area contributed by atoms with Gasteiger partial charge in [-0.3, -0.25) is 9.80 Å². The first-order chi connectivity index (χ1) is 11.0. The van der Waals surface area contributed by atoms with Crippen molar-refractivity contribution in [1.29, 1.82) is 0 Å². The number of hydrogen-bond acceptors (Lipinski definition) is 6. The van der Waals surface area contributed by atoms with Gasteiger partial charge in [-0.25, -0.2) is 4.79 Å². The first kappa shape index (κ1) is 18.4. The highest BCUT2D eigenvalue weighted by molar-refractivity contribution is 5.68. The third-order valence-electron chi connectivity index (χ3n) is 4.64. The van der Waals surface area contributed by atoms with Gasteiger partial charge >= 0.3 is 6.09 Å². The molecule has 2 heterocycles. The molecule has 3 atom stereocenters. The van der Waals surface area contributed by atoms with Crippen LogP contribution in [0.15, 0.2) is 0 Å². The molecule has 1 amide bonds. The van der Waals surface area contributed by atoms with Crippen LogP contribution in [0.4, 0.5) is 4.79 Å². The molecular weight excluding hydrogens is 298 g/mol. The molecule has 0 aromatic rings. The van der Waals surface area contributed by atoms with Crippen LogP contribution >= 0.6 is 0 Å². The van der Waals surface area contributed by atoms with Gasteiger partial charge in [0.15, 0.2) is 0 Å². The van der Waals surface area contributed by atoms with Crippen LogP contribution in [0, 0.1) is 0 Å². The average molecular weight is 329 g/mol. The fourth-order valence-corrected chi connectivity index (χ4v) is 3.32. The van der Waals surface area contributed by atoms with E-state index in [4.69, 9.17) is 9.47 Å². The number of aliphatic hydroxyl groups is 1. The van der Waals surface area contributed by atoms with Crippen molar-refractivity contribution in [2.24, 2.45) is 0 Å². The summed E-state index contributed by atoms with van der Waals surface area (Å²) in [5.74, 6) is 0. The summed E-state index contributed by atoms with van der Waals surface area (Å²) in [5.41, 5.74) is 0. The van der Waals surface area contributed by atoms with E-state index in [0.717, 1.165) is 32.8 Å². The van der Waals surface area contributed by atoms with Crippen molar-refractivity contribution in [1.82, 2.24) is 14.7 Å². The van der Waals surface area contributed by atoms with Crippen LogP contribution in [-0.2, 0) is 9.47 Å². The van der Waals surface area contributed by atoms with Crippen molar-refractivity contribution in [2.45, 2.75) is 39.0 Å². The predicted octanol–water partition coefficient (Wildman–Crippen LogP) is 0.231. The number of β-amino-alcohol motifs (C(OH)–C–C–N with tert-alkyl or cyclic N) is 1. The molecule has 7 nitrogen and oxygen atoms in total. The van der Waals surface area contributed by atoms with E-state index in [2.05, 4.69) is 16.7 Å². The summed E-state index contributed by atoms with van der Waals surface area (Å²) in [5, 5.41) is 10.4. The Kier molecular flexibility index (Phi) is 7.08. The van der Waals surface area contributed by atoms with Crippen LogP contribution in [0.2, 0.25) is 0 Å². The predicted molar refractivity (Wildman–Crippen MR) is 87.5 cm³/mol. The van der Waals surface area contributed by atoms with Gasteiger partial charge in [-0.2, -0.15) is 0 Å². The minimum Gasteiger partial charge on any atom is -0.450 e. The van der Waals surface area contributed by atoms with Gasteiger partial charge in [0.25, 0.3) is 0 Å². The first-order valence-corrected chi connectivity index (χ1v) is 8.66. The van der Waals surface area contributed by atoms with Crippen molar-refractivity contribution >= 4 is 6.09 Å². The standard InChI is InChI=1S/C16H31N3O4/c1-4-23-16(21)19-10-13(2)18(9-14(19)3)12-15(20)11-17-5-7-22-8-6-17/h13-15,20H,4-12H2,1-3H3/t13-,14+,15-/m1/s1. The molecular formula is C16H31N3O4. The van der Waals surface area contributed by atoms with Crippen molar-refractivity contribution in [3.05, 3.63) is 0 Å². The number of nitrogens with zero attached hydrogens (tertiary/aromatic N) is 3. The van der Waals surface area contributed by atoms with E-state index in [1.54, 1.807) is 4.90 Å². The van der Waals surface area contributed by atoms with E-state index in [1.165, 1.54) is 0 Å². The van der Waals surface area contributed by atoms with Gasteiger partial charge in [0.1, 0.15) is 0 Å². The van der Waals surface area contributed by atoms with Gasteiger partial charge in [0.2, 0.25) is 0 Å². The molecule has 0 aromatic heterocycles. The summed E-state index contributed by atoms with van der Waals surface area (Å²) in [4.78, 5) is 18.3. The molecule has 23 heavy (non-hydrogen) atoms. The van der Waals surface area contributed by atoms with Crippen LogP contribution < -0.4 is 0 Å². The summed E-state index contributed by atoms with van der Waals surface area (Å²) < 4.78 is 10.5. The van der Waals surface area contributed by atoms with Crippen molar-refractivity contribution in [2.75, 3.05) is 59.1 Å². The van der Waals surface area contributed by atoms with E-state index in [9.17, 15) is 9.90 Å². The number of amides is 1. The number of aliphatic hydroxyl groups excluding tert-OH is 1. The second-order valence-electron chi connectivity index (χ2n) is 6.57. The molecule has 134 valence electrons. The van der Waals surface area contributed by atoms with Gasteiger partial charge in [0.05, 0.1) is 25.9 Å². The molecule has 0 unspecified atom stereocenters. The van der Waals surface area contributed by atoms with E-state index < -0.39 is 0 Å². The molecule has 2 fully saturated rings. The van der Waals surface area contributed by atoms with Crippen LogP contribution in [0.25, 0.3) is 0 Å². The molecule has 0 radical (unpaired) electrons. The Bertz CT molecular complexity index is 376. The Morgan fingerprint density at radius 3 is 2.57 bits per heavy atom. The van der Waals surface area contributed by atoms with E-state index in [0.29, 0.717) is 26.2 Å². The van der Waals surface area contributed by atoms with Crippen LogP contribution in [0.3, 0.4) is 0 Å². The second-order valence-corrected chi connectivity index (χ2v) is 6.57. The van der Waals surface area contributed by atoms with Crippen LogP contribution in [0.1, 0.15) is 20.8 Å². The molecule has 2 aliphatic rings. The molecule has 1 N–H and O–H groups in total. The normalized spacial score (nSPS) is 28.6. The molecule has 0 saturated carbocycles. The highest BCUT2D eigenvalue weighted by Gasteiger charge is 2.33. The lowest BCUT2D eigenvalue weighted by molar-refractivity contribution is -0.0145. The molecule has 2 rings (SSSR count). The number of piperazine rings is 1. The Labute approximate surface area is 139 Å². The van der Waals surface area contributed by atoms with Crippen LogP contribution in [-0.4, -0.2) is 103 Å². The maximum atomic E-state index is 12.0. The average Bonchev–Trinajstić information content (AvgIpc) is 2.51. The zero-order chi connectivity index (χ0) is 16.8. The quantitative estimate of drug-likeness (QED) is 0.779. The molecule has 0 bridgehead atoms. The summed E-state index contributed by atoms with van der Waals surface area (Å²) >= 11 is 0. The topological polar surface area (TPSA) is 65.5 Å². The van der Waals surface area contributed by atoms with Crippen molar-refractivity contribution in [3.8, 4) is 0 Å². The minimum absolute atomic E-state index is 0.0980. The molecule has 2 saturated heterocycles. The Morgan fingerprint density at radius 1 is 1.22 bits per heavy atom. The summed E-state index contributed by atoms with van der Waals surface area (Å²) in [7, 11) is 0. The molecule has 0 aromatic carbocycles. The van der Waals surface area contributed by atoms with Crippen LogP contribution in [0.5, 0.6) is 0 Å². The largest absolute Gasteiger partial charge is 0.450 e. The Balaban J connectivity index is 1.80. The van der Waals surface area contributed by atoms with Gasteiger partial charge in [0, 0.05) is 51.4 Å². The number of hydrogen-bond donors (Lipinski definition) is 1. The summed E-state index contributed by atoms with van der Waals surface area (Å²) in [6, 6.07) is 0.316. The van der Waals surface area contributed by atoms with E-state index >= 15 is 0 Å². The van der Waals surface area contributed by atoms with Gasteiger partial charge in [-0.05, 0) is 20.8 Å². The summed E-state index contributed by atoms with van der Waals surface area (Å²) in [6.45, 7) is 12.4. The SMILES string of the molecule is CCOC(=O)N1C[C@@H](C)N(C[C@H](O)CN2CCOCC2)C[C@@H]1C. The highest BCUT2D eigenvalue weighted by Crippen LogP contribution is 2.17. The lowest BCUT2D eigenvalue weighted by Crippen LogP contribution is -2.59. The summed E-state index contributed by atoms with van der Waals surface area (Å²) in [6.07, 6.45) is -0.614. The number of carbonyl (C=O) groups excluding carboxylic acids is 1. The minimum atomic E-state index is -0.378. The van der Waals surface area contributed by atoms with E-state index in [-0.39, 0.29) is 24.3 Å². The zero-order valence-corrected chi connectivity index (χ0v) is 14.6. The van der Waals surface area contributed by atoms with Gasteiger partial charge < -0.3 is 19.5 Å². The lowest BCUT2D eigenvalue weighted by atomic mass is 10.1. The third kappa shape index (κ3) is 5.31. The molecule has 0 aliphatic carbocycles. The number of carbonyl (C=O) groups is 1. The molecule has 0 spiro atoms. The maximum absolute atomic E-state index is 12.0. The second kappa shape index (κ2) is 8.82. The van der Waals surface area contributed by atoms with Crippen molar-refractivity contribution < 1.29 is 19.4 Å².